The van der Waals surface area contributed by atoms with Gasteiger partial charge in [-0.1, -0.05) is 34.8 Å². The first-order valence-corrected chi connectivity index (χ1v) is 6.06. The molecule has 0 saturated heterocycles. The van der Waals surface area contributed by atoms with Gasteiger partial charge in [0.25, 0.3) is 0 Å². The van der Waals surface area contributed by atoms with Crippen molar-refractivity contribution < 1.29 is 9.50 Å². The van der Waals surface area contributed by atoms with Gasteiger partial charge in [0.05, 0.1) is 16.7 Å². The first kappa shape index (κ1) is 13.6. The summed E-state index contributed by atoms with van der Waals surface area (Å²) in [6.07, 6.45) is 1.25. The minimum atomic E-state index is -0.701. The van der Waals surface area contributed by atoms with Crippen molar-refractivity contribution in [2.45, 2.75) is 6.61 Å². The van der Waals surface area contributed by atoms with Crippen molar-refractivity contribution in [1.29, 1.82) is 0 Å². The SMILES string of the molecule is OCc1cnc(F)c(-c2cc(Cl)cc(Cl)c2Cl)c1. The zero-order valence-corrected chi connectivity index (χ0v) is 11.2. The Morgan fingerprint density at radius 2 is 1.83 bits per heavy atom. The fourth-order valence-electron chi connectivity index (χ4n) is 1.52. The zero-order chi connectivity index (χ0) is 13.3. The second-order valence-electron chi connectivity index (χ2n) is 3.59. The quantitative estimate of drug-likeness (QED) is 0.661. The second-order valence-corrected chi connectivity index (χ2v) is 4.81. The summed E-state index contributed by atoms with van der Waals surface area (Å²) in [4.78, 5) is 3.56. The maximum Gasteiger partial charge on any atom is 0.220 e. The Morgan fingerprint density at radius 1 is 1.11 bits per heavy atom. The van der Waals surface area contributed by atoms with E-state index in [0.717, 1.165) is 0 Å². The van der Waals surface area contributed by atoms with Gasteiger partial charge in [-0.25, -0.2) is 4.98 Å². The topological polar surface area (TPSA) is 33.1 Å². The van der Waals surface area contributed by atoms with Crippen molar-refractivity contribution in [3.05, 3.63) is 51.0 Å². The lowest BCUT2D eigenvalue weighted by atomic mass is 10.1. The molecule has 1 heterocycles. The molecule has 1 aromatic carbocycles. The van der Waals surface area contributed by atoms with Crippen LogP contribution in [0.15, 0.2) is 24.4 Å². The number of aliphatic hydroxyl groups excluding tert-OH is 1. The highest BCUT2D eigenvalue weighted by Gasteiger charge is 2.14. The predicted octanol–water partition coefficient (Wildman–Crippen LogP) is 4.34. The molecule has 18 heavy (non-hydrogen) atoms. The molecule has 0 unspecified atom stereocenters. The van der Waals surface area contributed by atoms with Crippen LogP contribution in [0.5, 0.6) is 0 Å². The molecule has 94 valence electrons. The number of pyridine rings is 1. The summed E-state index contributed by atoms with van der Waals surface area (Å²) in [6, 6.07) is 4.42. The van der Waals surface area contributed by atoms with Crippen molar-refractivity contribution in [3.8, 4) is 11.1 Å². The van der Waals surface area contributed by atoms with Crippen molar-refractivity contribution >= 4 is 34.8 Å². The highest BCUT2D eigenvalue weighted by atomic mass is 35.5. The normalized spacial score (nSPS) is 10.7. The van der Waals surface area contributed by atoms with Crippen LogP contribution in [0, 0.1) is 5.95 Å². The van der Waals surface area contributed by atoms with Crippen LogP contribution in [0.4, 0.5) is 4.39 Å². The lowest BCUT2D eigenvalue weighted by Gasteiger charge is -2.09. The molecule has 0 amide bonds. The smallest absolute Gasteiger partial charge is 0.220 e. The fraction of sp³-hybridized carbons (Fsp3) is 0.0833. The number of hydrogen-bond donors (Lipinski definition) is 1. The standard InChI is InChI=1S/C12H7Cl3FNO/c13-7-2-8(11(15)10(14)3-7)9-1-6(5-18)4-17-12(9)16/h1-4,18H,5H2. The molecule has 0 atom stereocenters. The number of hydrogen-bond acceptors (Lipinski definition) is 2. The van der Waals surface area contributed by atoms with Crippen LogP contribution in [0.3, 0.4) is 0 Å². The maximum atomic E-state index is 13.7. The van der Waals surface area contributed by atoms with Gasteiger partial charge in [0.15, 0.2) is 0 Å². The van der Waals surface area contributed by atoms with E-state index in [4.69, 9.17) is 39.9 Å². The molecule has 0 aliphatic carbocycles. The molecule has 6 heteroatoms. The lowest BCUT2D eigenvalue weighted by molar-refractivity contribution is 0.281. The van der Waals surface area contributed by atoms with Crippen LogP contribution in [0.25, 0.3) is 11.1 Å². The van der Waals surface area contributed by atoms with Crippen LogP contribution in [0.2, 0.25) is 15.1 Å². The Morgan fingerprint density at radius 3 is 2.50 bits per heavy atom. The molecule has 1 aromatic heterocycles. The van der Waals surface area contributed by atoms with Gasteiger partial charge in [0.1, 0.15) is 0 Å². The predicted molar refractivity (Wildman–Crippen MR) is 70.6 cm³/mol. The van der Waals surface area contributed by atoms with Gasteiger partial charge in [-0.3, -0.25) is 0 Å². The van der Waals surface area contributed by atoms with E-state index in [9.17, 15) is 4.39 Å². The highest BCUT2D eigenvalue weighted by molar-refractivity contribution is 6.45. The number of aliphatic hydroxyl groups is 1. The van der Waals surface area contributed by atoms with Crippen LogP contribution < -0.4 is 0 Å². The number of nitrogens with zero attached hydrogens (tertiary/aromatic N) is 1. The van der Waals surface area contributed by atoms with Crippen LogP contribution in [-0.2, 0) is 6.61 Å². The first-order chi connectivity index (χ1) is 8.52. The van der Waals surface area contributed by atoms with E-state index in [-0.39, 0.29) is 22.2 Å². The molecular weight excluding hydrogens is 299 g/mol. The number of rotatable bonds is 2. The molecule has 2 nitrogen and oxygen atoms in total. The third-order valence-electron chi connectivity index (χ3n) is 2.36. The Kier molecular flexibility index (Phi) is 4.07. The van der Waals surface area contributed by atoms with Crippen molar-refractivity contribution in [2.24, 2.45) is 0 Å². The molecular formula is C12H7Cl3FNO. The van der Waals surface area contributed by atoms with Gasteiger partial charge in [-0.15, -0.1) is 0 Å². The van der Waals surface area contributed by atoms with E-state index in [2.05, 4.69) is 4.98 Å². The van der Waals surface area contributed by atoms with Crippen molar-refractivity contribution in [3.63, 3.8) is 0 Å². The first-order valence-electron chi connectivity index (χ1n) is 4.93. The largest absolute Gasteiger partial charge is 0.392 e. The van der Waals surface area contributed by atoms with E-state index >= 15 is 0 Å². The molecule has 0 fully saturated rings. The minimum Gasteiger partial charge on any atom is -0.392 e. The van der Waals surface area contributed by atoms with Gasteiger partial charge < -0.3 is 5.11 Å². The Bertz CT molecular complexity index is 604. The molecule has 2 rings (SSSR count). The Hall–Kier alpha value is -0.870. The Balaban J connectivity index is 2.68. The summed E-state index contributed by atoms with van der Waals surface area (Å²) in [5, 5.41) is 9.79. The molecule has 2 aromatic rings. The van der Waals surface area contributed by atoms with E-state index in [1.807, 2.05) is 0 Å². The molecule has 1 N–H and O–H groups in total. The maximum absolute atomic E-state index is 13.7. The minimum absolute atomic E-state index is 0.149. The third-order valence-corrected chi connectivity index (χ3v) is 3.38. The monoisotopic (exact) mass is 305 g/mol. The van der Waals surface area contributed by atoms with Crippen LogP contribution >= 0.6 is 34.8 Å². The summed E-state index contributed by atoms with van der Waals surface area (Å²) >= 11 is 17.8. The molecule has 0 aliphatic heterocycles. The number of aromatic nitrogens is 1. The molecule has 0 radical (unpaired) electrons. The summed E-state index contributed by atoms with van der Waals surface area (Å²) in [5.74, 6) is -0.701. The summed E-state index contributed by atoms with van der Waals surface area (Å²) in [7, 11) is 0. The van der Waals surface area contributed by atoms with Gasteiger partial charge in [0.2, 0.25) is 5.95 Å². The second kappa shape index (κ2) is 5.41. The summed E-state index contributed by atoms with van der Waals surface area (Å²) < 4.78 is 13.7. The van der Waals surface area contributed by atoms with Gasteiger partial charge in [-0.2, -0.15) is 4.39 Å². The van der Waals surface area contributed by atoms with Gasteiger partial charge in [0, 0.05) is 22.3 Å². The summed E-state index contributed by atoms with van der Waals surface area (Å²) in [5.41, 5.74) is 0.962. The van der Waals surface area contributed by atoms with E-state index < -0.39 is 5.95 Å². The van der Waals surface area contributed by atoms with Gasteiger partial charge in [-0.05, 0) is 23.8 Å². The van der Waals surface area contributed by atoms with Crippen LogP contribution in [0.1, 0.15) is 5.56 Å². The average Bonchev–Trinajstić information content (AvgIpc) is 2.34. The fourth-order valence-corrected chi connectivity index (χ4v) is 2.22. The number of halogens is 4. The van der Waals surface area contributed by atoms with Crippen molar-refractivity contribution in [1.82, 2.24) is 4.98 Å². The Labute approximate surface area is 118 Å². The molecule has 0 bridgehead atoms. The molecule has 0 spiro atoms. The van der Waals surface area contributed by atoms with Gasteiger partial charge >= 0.3 is 0 Å². The van der Waals surface area contributed by atoms with Crippen molar-refractivity contribution in [2.75, 3.05) is 0 Å². The van der Waals surface area contributed by atoms with E-state index in [0.29, 0.717) is 16.1 Å². The highest BCUT2D eigenvalue weighted by Crippen LogP contribution is 2.37. The lowest BCUT2D eigenvalue weighted by Crippen LogP contribution is -1.94. The number of benzene rings is 1. The average molecular weight is 307 g/mol. The third kappa shape index (κ3) is 2.59. The van der Waals surface area contributed by atoms with E-state index in [1.54, 1.807) is 0 Å². The molecule has 0 aliphatic rings. The summed E-state index contributed by atoms with van der Waals surface area (Å²) in [6.45, 7) is -0.244. The van der Waals surface area contributed by atoms with E-state index in [1.165, 1.54) is 24.4 Å². The molecule has 0 saturated carbocycles. The van der Waals surface area contributed by atoms with Crippen LogP contribution in [-0.4, -0.2) is 10.1 Å². The zero-order valence-electron chi connectivity index (χ0n) is 8.92.